The van der Waals surface area contributed by atoms with Crippen LogP contribution in [-0.4, -0.2) is 5.11 Å². The molecule has 0 bridgehead atoms. The van der Waals surface area contributed by atoms with E-state index >= 15 is 0 Å². The van der Waals surface area contributed by atoms with Crippen molar-refractivity contribution in [3.05, 3.63) is 66.5 Å². The lowest BCUT2D eigenvalue weighted by Crippen LogP contribution is -1.82. The Hall–Kier alpha value is -2.35. The van der Waals surface area contributed by atoms with Gasteiger partial charge in [0.25, 0.3) is 0 Å². The van der Waals surface area contributed by atoms with E-state index in [4.69, 9.17) is 0 Å². The summed E-state index contributed by atoms with van der Waals surface area (Å²) in [5.74, 6) is 0.00962. The second-order valence-corrected chi connectivity index (χ2v) is 4.22. The summed E-state index contributed by atoms with van der Waals surface area (Å²) in [6.07, 6.45) is 0. The topological polar surface area (TPSA) is 20.2 Å². The van der Waals surface area contributed by atoms with Crippen LogP contribution in [0.5, 0.6) is 5.75 Å². The van der Waals surface area contributed by atoms with Gasteiger partial charge in [0.15, 0.2) is 0 Å². The fourth-order valence-electron chi connectivity index (χ4n) is 2.15. The van der Waals surface area contributed by atoms with Gasteiger partial charge in [0.2, 0.25) is 0 Å². The van der Waals surface area contributed by atoms with E-state index in [0.29, 0.717) is 0 Å². The number of fused-ring (bicyclic) bond motifs is 1. The van der Waals surface area contributed by atoms with Gasteiger partial charge >= 0.3 is 0 Å². The number of phenols is 1. The van der Waals surface area contributed by atoms with Crippen LogP contribution in [0, 0.1) is 5.82 Å². The maximum absolute atomic E-state index is 13.2. The standard InChI is InChI=1S/C16H11FO/c17-13-6-9-16-12(10-13)2-1-3-15(16)11-4-7-14(18)8-5-11/h1-10,18H. The summed E-state index contributed by atoms with van der Waals surface area (Å²) < 4.78 is 13.2. The molecule has 0 saturated carbocycles. The first-order valence-corrected chi connectivity index (χ1v) is 5.72. The number of aromatic hydroxyl groups is 1. The Morgan fingerprint density at radius 2 is 1.61 bits per heavy atom. The van der Waals surface area contributed by atoms with Gasteiger partial charge in [0.05, 0.1) is 0 Å². The van der Waals surface area contributed by atoms with Gasteiger partial charge in [0.1, 0.15) is 11.6 Å². The second kappa shape index (κ2) is 4.15. The van der Waals surface area contributed by atoms with E-state index in [2.05, 4.69) is 0 Å². The van der Waals surface area contributed by atoms with E-state index in [1.165, 1.54) is 12.1 Å². The molecule has 0 unspecified atom stereocenters. The zero-order valence-electron chi connectivity index (χ0n) is 9.60. The molecule has 0 aliphatic rings. The highest BCUT2D eigenvalue weighted by Crippen LogP contribution is 2.29. The lowest BCUT2D eigenvalue weighted by atomic mass is 9.98. The molecule has 0 aliphatic heterocycles. The molecule has 0 radical (unpaired) electrons. The number of phenolic OH excluding ortho intramolecular Hbond substituents is 1. The van der Waals surface area contributed by atoms with Crippen molar-refractivity contribution in [2.24, 2.45) is 0 Å². The highest BCUT2D eigenvalue weighted by molar-refractivity contribution is 5.96. The summed E-state index contributed by atoms with van der Waals surface area (Å²) in [6, 6.07) is 17.6. The van der Waals surface area contributed by atoms with Crippen molar-refractivity contribution in [3.8, 4) is 16.9 Å². The molecule has 0 heterocycles. The summed E-state index contributed by atoms with van der Waals surface area (Å²) in [7, 11) is 0. The minimum absolute atomic E-state index is 0.231. The Morgan fingerprint density at radius 1 is 0.833 bits per heavy atom. The largest absolute Gasteiger partial charge is 0.508 e. The normalized spacial score (nSPS) is 10.7. The summed E-state index contributed by atoms with van der Waals surface area (Å²) in [6.45, 7) is 0. The van der Waals surface area contributed by atoms with E-state index in [0.717, 1.165) is 21.9 Å². The average Bonchev–Trinajstić information content (AvgIpc) is 2.38. The van der Waals surface area contributed by atoms with Crippen LogP contribution in [0.1, 0.15) is 0 Å². The molecule has 0 fully saturated rings. The Balaban J connectivity index is 2.26. The van der Waals surface area contributed by atoms with Crippen LogP contribution in [-0.2, 0) is 0 Å². The van der Waals surface area contributed by atoms with E-state index < -0.39 is 0 Å². The van der Waals surface area contributed by atoms with E-state index in [1.54, 1.807) is 18.2 Å². The number of halogens is 1. The molecule has 3 aromatic carbocycles. The number of rotatable bonds is 1. The van der Waals surface area contributed by atoms with Gasteiger partial charge in [-0.25, -0.2) is 4.39 Å². The van der Waals surface area contributed by atoms with Gasteiger partial charge in [-0.1, -0.05) is 36.4 Å². The predicted octanol–water partition coefficient (Wildman–Crippen LogP) is 4.35. The van der Waals surface area contributed by atoms with Gasteiger partial charge in [-0.05, 0) is 46.2 Å². The predicted molar refractivity (Wildman–Crippen MR) is 71.0 cm³/mol. The van der Waals surface area contributed by atoms with Crippen LogP contribution in [0.2, 0.25) is 0 Å². The van der Waals surface area contributed by atoms with Crippen molar-refractivity contribution in [3.63, 3.8) is 0 Å². The SMILES string of the molecule is Oc1ccc(-c2cccc3cc(F)ccc23)cc1. The molecule has 0 spiro atoms. The first kappa shape index (κ1) is 10.8. The molecule has 0 aromatic heterocycles. The first-order chi connectivity index (χ1) is 8.74. The van der Waals surface area contributed by atoms with Gasteiger partial charge < -0.3 is 5.11 Å². The third-order valence-electron chi connectivity index (χ3n) is 3.02. The Kier molecular flexibility index (Phi) is 2.49. The van der Waals surface area contributed by atoms with Crippen molar-refractivity contribution < 1.29 is 9.50 Å². The minimum Gasteiger partial charge on any atom is -0.508 e. The number of hydrogen-bond donors (Lipinski definition) is 1. The second-order valence-electron chi connectivity index (χ2n) is 4.22. The smallest absolute Gasteiger partial charge is 0.123 e. The zero-order valence-corrected chi connectivity index (χ0v) is 9.60. The molecule has 0 amide bonds. The molecule has 2 heteroatoms. The zero-order chi connectivity index (χ0) is 12.5. The van der Waals surface area contributed by atoms with E-state index in [-0.39, 0.29) is 11.6 Å². The quantitative estimate of drug-likeness (QED) is 0.668. The third-order valence-corrected chi connectivity index (χ3v) is 3.02. The van der Waals surface area contributed by atoms with Gasteiger partial charge in [-0.2, -0.15) is 0 Å². The van der Waals surface area contributed by atoms with Crippen LogP contribution in [0.25, 0.3) is 21.9 Å². The molecule has 88 valence electrons. The van der Waals surface area contributed by atoms with Crippen LogP contribution in [0.4, 0.5) is 4.39 Å². The number of benzene rings is 3. The highest BCUT2D eigenvalue weighted by atomic mass is 19.1. The Labute approximate surface area is 104 Å². The summed E-state index contributed by atoms with van der Waals surface area (Å²) in [4.78, 5) is 0. The molecular formula is C16H11FO. The van der Waals surface area contributed by atoms with Crippen molar-refractivity contribution in [2.75, 3.05) is 0 Å². The molecule has 1 N–H and O–H groups in total. The summed E-state index contributed by atoms with van der Waals surface area (Å²) in [5, 5.41) is 11.2. The van der Waals surface area contributed by atoms with Crippen LogP contribution in [0.15, 0.2) is 60.7 Å². The van der Waals surface area contributed by atoms with Crippen LogP contribution >= 0.6 is 0 Å². The van der Waals surface area contributed by atoms with Crippen LogP contribution in [0.3, 0.4) is 0 Å². The van der Waals surface area contributed by atoms with E-state index in [9.17, 15) is 9.50 Å². The fraction of sp³-hybridized carbons (Fsp3) is 0. The summed E-state index contributed by atoms with van der Waals surface area (Å²) >= 11 is 0. The third kappa shape index (κ3) is 1.82. The maximum Gasteiger partial charge on any atom is 0.123 e. The highest BCUT2D eigenvalue weighted by Gasteiger charge is 2.04. The molecule has 0 saturated heterocycles. The first-order valence-electron chi connectivity index (χ1n) is 5.72. The molecule has 18 heavy (non-hydrogen) atoms. The van der Waals surface area contributed by atoms with Gasteiger partial charge in [-0.3, -0.25) is 0 Å². The van der Waals surface area contributed by atoms with E-state index in [1.807, 2.05) is 30.3 Å². The van der Waals surface area contributed by atoms with Gasteiger partial charge in [0, 0.05) is 0 Å². The van der Waals surface area contributed by atoms with Crippen molar-refractivity contribution in [1.29, 1.82) is 0 Å². The molecule has 1 nitrogen and oxygen atoms in total. The fourth-order valence-corrected chi connectivity index (χ4v) is 2.15. The summed E-state index contributed by atoms with van der Waals surface area (Å²) in [5.41, 5.74) is 2.04. The number of hydrogen-bond acceptors (Lipinski definition) is 1. The van der Waals surface area contributed by atoms with Crippen molar-refractivity contribution in [2.45, 2.75) is 0 Å². The molecular weight excluding hydrogens is 227 g/mol. The average molecular weight is 238 g/mol. The molecule has 3 aromatic rings. The van der Waals surface area contributed by atoms with Crippen molar-refractivity contribution >= 4 is 10.8 Å². The minimum atomic E-state index is -0.231. The monoisotopic (exact) mass is 238 g/mol. The molecule has 0 aliphatic carbocycles. The lowest BCUT2D eigenvalue weighted by Gasteiger charge is -2.07. The van der Waals surface area contributed by atoms with Gasteiger partial charge in [-0.15, -0.1) is 0 Å². The molecule has 0 atom stereocenters. The Bertz CT molecular complexity index is 702. The lowest BCUT2D eigenvalue weighted by molar-refractivity contribution is 0.475. The maximum atomic E-state index is 13.2. The van der Waals surface area contributed by atoms with Crippen molar-refractivity contribution in [1.82, 2.24) is 0 Å². The van der Waals surface area contributed by atoms with Crippen LogP contribution < -0.4 is 0 Å². The Morgan fingerprint density at radius 3 is 2.39 bits per heavy atom. The molecule has 3 rings (SSSR count).